The van der Waals surface area contributed by atoms with Gasteiger partial charge in [-0.2, -0.15) is 0 Å². The van der Waals surface area contributed by atoms with Crippen LogP contribution >= 0.6 is 12.2 Å². The van der Waals surface area contributed by atoms with Crippen LogP contribution in [0.3, 0.4) is 0 Å². The van der Waals surface area contributed by atoms with E-state index in [-0.39, 0.29) is 18.7 Å². The molecule has 3 aromatic heterocycles. The summed E-state index contributed by atoms with van der Waals surface area (Å²) < 4.78 is 2.19. The standard InChI is InChI=1S/C23H27N5OS/c1-15-8-9-20(25-14-15)28-16(2)13-18(17(28)3)22-21(19-7-4-5-10-24-19)26-23(30)27(22)11-6-12-29/h4-5,7-10,13-14,21-22,29H,6,11-12H2,1-3H3,(H,26,30)/t21-,22-/m0/s1. The van der Waals surface area contributed by atoms with Gasteiger partial charge in [0.1, 0.15) is 5.82 Å². The van der Waals surface area contributed by atoms with E-state index in [1.54, 1.807) is 0 Å². The molecule has 1 fully saturated rings. The van der Waals surface area contributed by atoms with Crippen molar-refractivity contribution in [2.45, 2.75) is 39.3 Å². The first-order valence-electron chi connectivity index (χ1n) is 10.2. The van der Waals surface area contributed by atoms with Crippen molar-refractivity contribution in [1.29, 1.82) is 0 Å². The van der Waals surface area contributed by atoms with Crippen LogP contribution < -0.4 is 5.32 Å². The third-order valence-electron chi connectivity index (χ3n) is 5.67. The lowest BCUT2D eigenvalue weighted by atomic mass is 9.96. The summed E-state index contributed by atoms with van der Waals surface area (Å²) in [6.07, 6.45) is 4.36. The maximum absolute atomic E-state index is 9.41. The molecule has 0 spiro atoms. The van der Waals surface area contributed by atoms with Crippen LogP contribution in [0.25, 0.3) is 5.82 Å². The number of aromatic nitrogens is 3. The maximum atomic E-state index is 9.41. The third kappa shape index (κ3) is 3.70. The molecule has 4 heterocycles. The van der Waals surface area contributed by atoms with Crippen LogP contribution in [-0.2, 0) is 0 Å². The SMILES string of the molecule is Cc1ccc(-n2c(C)cc([C@H]3[C@H](c4ccccn4)NC(=S)N3CCCO)c2C)nc1. The first-order valence-corrected chi connectivity index (χ1v) is 10.6. The topological polar surface area (TPSA) is 66.2 Å². The number of aliphatic hydroxyl groups is 1. The highest BCUT2D eigenvalue weighted by molar-refractivity contribution is 7.80. The lowest BCUT2D eigenvalue weighted by Crippen LogP contribution is -2.31. The molecule has 6 nitrogen and oxygen atoms in total. The molecule has 4 rings (SSSR count). The highest BCUT2D eigenvalue weighted by Gasteiger charge is 2.41. The maximum Gasteiger partial charge on any atom is 0.170 e. The number of pyridine rings is 2. The average molecular weight is 422 g/mol. The number of rotatable bonds is 6. The predicted octanol–water partition coefficient (Wildman–Crippen LogP) is 3.55. The molecular formula is C23H27N5OS. The van der Waals surface area contributed by atoms with E-state index in [1.165, 1.54) is 5.56 Å². The van der Waals surface area contributed by atoms with E-state index < -0.39 is 0 Å². The molecule has 0 bridgehead atoms. The van der Waals surface area contributed by atoms with Gasteiger partial charge in [-0.1, -0.05) is 12.1 Å². The van der Waals surface area contributed by atoms with Gasteiger partial charge in [-0.05, 0) is 74.8 Å². The molecule has 0 unspecified atom stereocenters. The fourth-order valence-electron chi connectivity index (χ4n) is 4.26. The molecule has 0 radical (unpaired) electrons. The molecule has 30 heavy (non-hydrogen) atoms. The molecule has 156 valence electrons. The van der Waals surface area contributed by atoms with Gasteiger partial charge >= 0.3 is 0 Å². The lowest BCUT2D eigenvalue weighted by Gasteiger charge is -2.28. The van der Waals surface area contributed by atoms with E-state index >= 15 is 0 Å². The second-order valence-electron chi connectivity index (χ2n) is 7.75. The largest absolute Gasteiger partial charge is 0.396 e. The van der Waals surface area contributed by atoms with Gasteiger partial charge in [0.25, 0.3) is 0 Å². The first-order chi connectivity index (χ1) is 14.5. The Labute approximate surface area is 182 Å². The Hall–Kier alpha value is -2.77. The molecular weight excluding hydrogens is 394 g/mol. The van der Waals surface area contributed by atoms with Gasteiger partial charge in [0.15, 0.2) is 5.11 Å². The summed E-state index contributed by atoms with van der Waals surface area (Å²) in [6.45, 7) is 7.09. The summed E-state index contributed by atoms with van der Waals surface area (Å²) in [7, 11) is 0. The minimum Gasteiger partial charge on any atom is -0.396 e. The molecule has 2 N–H and O–H groups in total. The van der Waals surface area contributed by atoms with Crippen molar-refractivity contribution in [3.05, 3.63) is 77.0 Å². The highest BCUT2D eigenvalue weighted by atomic mass is 32.1. The van der Waals surface area contributed by atoms with Crippen molar-refractivity contribution in [3.63, 3.8) is 0 Å². The lowest BCUT2D eigenvalue weighted by molar-refractivity contribution is 0.247. The van der Waals surface area contributed by atoms with Crippen LogP contribution in [0.15, 0.2) is 48.8 Å². The number of nitrogens with one attached hydrogen (secondary N) is 1. The Bertz CT molecular complexity index is 1030. The van der Waals surface area contributed by atoms with Gasteiger partial charge in [-0.3, -0.25) is 4.98 Å². The summed E-state index contributed by atoms with van der Waals surface area (Å²) in [5.41, 5.74) is 5.54. The van der Waals surface area contributed by atoms with Gasteiger partial charge in [0.05, 0.1) is 17.8 Å². The first kappa shape index (κ1) is 20.5. The van der Waals surface area contributed by atoms with Crippen LogP contribution in [0, 0.1) is 20.8 Å². The number of aliphatic hydroxyl groups excluding tert-OH is 1. The van der Waals surface area contributed by atoms with Crippen LogP contribution in [0.4, 0.5) is 0 Å². The third-order valence-corrected chi connectivity index (χ3v) is 6.02. The van der Waals surface area contributed by atoms with E-state index in [2.05, 4.69) is 56.8 Å². The Balaban J connectivity index is 1.81. The molecule has 0 saturated carbocycles. The molecule has 0 aromatic carbocycles. The number of hydrogen-bond donors (Lipinski definition) is 2. The smallest absolute Gasteiger partial charge is 0.170 e. The van der Waals surface area contributed by atoms with Crippen LogP contribution in [0.1, 0.15) is 46.7 Å². The summed E-state index contributed by atoms with van der Waals surface area (Å²) in [5.74, 6) is 0.909. The number of aryl methyl sites for hydroxylation is 2. The second-order valence-corrected chi connectivity index (χ2v) is 8.14. The molecule has 7 heteroatoms. The average Bonchev–Trinajstić information content (AvgIpc) is 3.23. The minimum atomic E-state index is -0.0580. The predicted molar refractivity (Wildman–Crippen MR) is 122 cm³/mol. The van der Waals surface area contributed by atoms with Gasteiger partial charge < -0.3 is 19.9 Å². The molecule has 3 aromatic rings. The summed E-state index contributed by atoms with van der Waals surface area (Å²) in [4.78, 5) is 11.4. The zero-order chi connectivity index (χ0) is 21.3. The Morgan fingerprint density at radius 1 is 1.13 bits per heavy atom. The fraction of sp³-hybridized carbons (Fsp3) is 0.348. The minimum absolute atomic E-state index is 0.00986. The summed E-state index contributed by atoms with van der Waals surface area (Å²) in [6, 6.07) is 12.2. The van der Waals surface area contributed by atoms with E-state index in [0.717, 1.165) is 28.5 Å². The Morgan fingerprint density at radius 3 is 2.63 bits per heavy atom. The van der Waals surface area contributed by atoms with Crippen molar-refractivity contribution in [2.75, 3.05) is 13.2 Å². The summed E-state index contributed by atoms with van der Waals surface area (Å²) >= 11 is 5.68. The van der Waals surface area contributed by atoms with Crippen molar-refractivity contribution < 1.29 is 5.11 Å². The number of hydrogen-bond acceptors (Lipinski definition) is 4. The van der Waals surface area contributed by atoms with Crippen molar-refractivity contribution in [2.24, 2.45) is 0 Å². The van der Waals surface area contributed by atoms with Gasteiger partial charge in [0.2, 0.25) is 0 Å². The van der Waals surface area contributed by atoms with Gasteiger partial charge in [-0.15, -0.1) is 0 Å². The zero-order valence-electron chi connectivity index (χ0n) is 17.5. The monoisotopic (exact) mass is 421 g/mol. The molecule has 0 amide bonds. The number of nitrogens with zero attached hydrogens (tertiary/aromatic N) is 4. The Morgan fingerprint density at radius 2 is 1.97 bits per heavy atom. The molecule has 2 atom stereocenters. The van der Waals surface area contributed by atoms with Gasteiger partial charge in [-0.25, -0.2) is 4.98 Å². The van der Waals surface area contributed by atoms with Crippen molar-refractivity contribution in [1.82, 2.24) is 24.8 Å². The molecule has 1 aliphatic heterocycles. The summed E-state index contributed by atoms with van der Waals surface area (Å²) in [5, 5.41) is 13.6. The zero-order valence-corrected chi connectivity index (χ0v) is 18.4. The van der Waals surface area contributed by atoms with E-state index in [9.17, 15) is 5.11 Å². The van der Waals surface area contributed by atoms with Crippen LogP contribution in [0.2, 0.25) is 0 Å². The molecule has 1 aliphatic rings. The van der Waals surface area contributed by atoms with E-state index in [4.69, 9.17) is 12.2 Å². The normalized spacial score (nSPS) is 18.7. The highest BCUT2D eigenvalue weighted by Crippen LogP contribution is 2.41. The van der Waals surface area contributed by atoms with Crippen LogP contribution in [-0.4, -0.2) is 42.8 Å². The van der Waals surface area contributed by atoms with E-state index in [1.807, 2.05) is 37.5 Å². The van der Waals surface area contributed by atoms with Gasteiger partial charge in [0, 0.05) is 36.9 Å². The molecule has 1 saturated heterocycles. The second kappa shape index (κ2) is 8.53. The van der Waals surface area contributed by atoms with Crippen LogP contribution in [0.5, 0.6) is 0 Å². The fourth-order valence-corrected chi connectivity index (χ4v) is 4.59. The van der Waals surface area contributed by atoms with Crippen molar-refractivity contribution in [3.8, 4) is 5.82 Å². The Kier molecular flexibility index (Phi) is 5.83. The van der Waals surface area contributed by atoms with E-state index in [0.29, 0.717) is 18.1 Å². The quantitative estimate of drug-likeness (QED) is 0.594. The molecule has 0 aliphatic carbocycles. The number of thiocarbonyl (C=S) groups is 1. The van der Waals surface area contributed by atoms with Crippen molar-refractivity contribution >= 4 is 17.3 Å².